The predicted molar refractivity (Wildman–Crippen MR) is 196 cm³/mol. The third kappa shape index (κ3) is 15.9. The molecule has 2 aromatic rings. The van der Waals surface area contributed by atoms with Gasteiger partial charge in [0.15, 0.2) is 5.96 Å². The average molecular weight is 788 g/mol. The van der Waals surface area contributed by atoms with Crippen LogP contribution in [0.5, 0.6) is 5.75 Å². The minimum Gasteiger partial charge on any atom is -0.508 e. The number of carbonyl (C=O) groups is 7. The molecule has 1 saturated heterocycles. The number of nitrogens with two attached hydrogens (primary N) is 2. The van der Waals surface area contributed by atoms with Gasteiger partial charge in [-0.3, -0.25) is 38.6 Å². The number of amides is 6. The van der Waals surface area contributed by atoms with Gasteiger partial charge < -0.3 is 53.6 Å². The minimum atomic E-state index is -1.64. The number of carboxylic acids is 1. The number of nitrogens with zero attached hydrogens (tertiary/aromatic N) is 4. The van der Waals surface area contributed by atoms with E-state index in [1.807, 2.05) is 0 Å². The minimum absolute atomic E-state index is 0.0139. The van der Waals surface area contributed by atoms with E-state index in [1.165, 1.54) is 28.9 Å². The van der Waals surface area contributed by atoms with Crippen molar-refractivity contribution >= 4 is 47.4 Å². The van der Waals surface area contributed by atoms with E-state index in [2.05, 4.69) is 47.2 Å². The molecule has 1 aliphatic rings. The van der Waals surface area contributed by atoms with E-state index in [0.29, 0.717) is 24.1 Å². The Balaban J connectivity index is 1.80. The van der Waals surface area contributed by atoms with Gasteiger partial charge in [-0.2, -0.15) is 0 Å². The maximum Gasteiger partial charge on any atom is 0.305 e. The van der Waals surface area contributed by atoms with Crippen molar-refractivity contribution in [3.63, 3.8) is 0 Å². The summed E-state index contributed by atoms with van der Waals surface area (Å²) < 4.78 is 13.9. The van der Waals surface area contributed by atoms with E-state index in [-0.39, 0.29) is 75.8 Å². The molecule has 1 aromatic carbocycles. The van der Waals surface area contributed by atoms with Crippen LogP contribution < -0.4 is 43.4 Å². The second-order valence-corrected chi connectivity index (χ2v) is 12.9. The van der Waals surface area contributed by atoms with Crippen LogP contribution in [0.3, 0.4) is 0 Å². The van der Waals surface area contributed by atoms with Gasteiger partial charge in [-0.15, -0.1) is 5.10 Å². The van der Waals surface area contributed by atoms with Crippen molar-refractivity contribution in [2.75, 3.05) is 26.3 Å². The van der Waals surface area contributed by atoms with E-state index in [0.717, 1.165) is 0 Å². The molecule has 1 aliphatic heterocycles. The van der Waals surface area contributed by atoms with Crippen LogP contribution in [-0.2, 0) is 52.9 Å². The molecule has 2 heterocycles. The molecule has 0 spiro atoms. The number of alkyl halides is 1. The number of hydrogen-bond donors (Lipinski definition) is 10. The van der Waals surface area contributed by atoms with Crippen LogP contribution in [0.15, 0.2) is 35.5 Å². The van der Waals surface area contributed by atoms with Crippen LogP contribution in [0.25, 0.3) is 0 Å². The van der Waals surface area contributed by atoms with Crippen molar-refractivity contribution in [2.45, 2.75) is 88.5 Å². The molecule has 21 nitrogen and oxygen atoms in total. The summed E-state index contributed by atoms with van der Waals surface area (Å²) in [5.41, 5.74) is 11.8. The average Bonchev–Trinajstić information content (AvgIpc) is 3.60. The number of nitrogens with one attached hydrogen (secondary N) is 6. The number of phenols is 1. The maximum atomic E-state index is 13.9. The number of unbranched alkanes of at least 4 members (excludes halogenated alkanes) is 1. The summed E-state index contributed by atoms with van der Waals surface area (Å²) in [7, 11) is 0. The molecule has 0 bridgehead atoms. The SMILES string of the molecule is NC(N)=NCCC[C@@H]1NC(=O)[C@H](CCCCNC(=O)CCc2cn(CC[18F])nn2)NC(=O)[C@@H](Cc2ccc(O)cc2)NC(=O)[C@H](CC(=O)O)NC(=O)CNC1=O. The molecule has 0 radical (unpaired) electrons. The number of aromatic nitrogens is 3. The fourth-order valence-electron chi connectivity index (χ4n) is 5.54. The molecule has 0 saturated carbocycles. The summed E-state index contributed by atoms with van der Waals surface area (Å²) in [6.45, 7) is -0.886. The molecule has 6 amide bonds. The second-order valence-electron chi connectivity index (χ2n) is 12.9. The number of carboxylic acid groups (broad SMARTS) is 1. The maximum absolute atomic E-state index is 13.9. The van der Waals surface area contributed by atoms with Crippen molar-refractivity contribution in [1.29, 1.82) is 0 Å². The number of aliphatic carboxylic acids is 1. The lowest BCUT2D eigenvalue weighted by molar-refractivity contribution is -0.141. The third-order valence-electron chi connectivity index (χ3n) is 8.42. The number of benzene rings is 1. The first-order valence-electron chi connectivity index (χ1n) is 18.0. The Labute approximate surface area is 321 Å². The van der Waals surface area contributed by atoms with Gasteiger partial charge in [-0.1, -0.05) is 17.3 Å². The molecule has 56 heavy (non-hydrogen) atoms. The van der Waals surface area contributed by atoms with Gasteiger partial charge in [0.05, 0.1) is 25.2 Å². The molecule has 0 aliphatic carbocycles. The molecule has 22 heteroatoms. The van der Waals surface area contributed by atoms with Crippen LogP contribution in [0.1, 0.15) is 56.2 Å². The number of hydrogen-bond acceptors (Lipinski definition) is 11. The topological polar surface area (TPSA) is 327 Å². The van der Waals surface area contributed by atoms with Gasteiger partial charge >= 0.3 is 5.97 Å². The van der Waals surface area contributed by atoms with Gasteiger partial charge in [0.2, 0.25) is 35.4 Å². The highest BCUT2D eigenvalue weighted by Gasteiger charge is 2.33. The second kappa shape index (κ2) is 22.8. The first-order chi connectivity index (χ1) is 26.7. The number of phenolic OH excluding ortho intramolecular Hbond substituents is 1. The fourth-order valence-corrected chi connectivity index (χ4v) is 5.54. The summed E-state index contributed by atoms with van der Waals surface area (Å²) in [5.74, 6) is -6.26. The summed E-state index contributed by atoms with van der Waals surface area (Å²) in [5, 5.41) is 42.0. The Bertz CT molecular complexity index is 1700. The van der Waals surface area contributed by atoms with Crippen LogP contribution in [0, 0.1) is 0 Å². The van der Waals surface area contributed by atoms with Crippen molar-refractivity contribution in [3.05, 3.63) is 41.7 Å². The van der Waals surface area contributed by atoms with Crippen molar-refractivity contribution in [1.82, 2.24) is 46.9 Å². The fraction of sp³-hybridized carbons (Fsp3) is 0.529. The normalized spacial score (nSPS) is 19.6. The molecular formula is C34H49FN12O9. The van der Waals surface area contributed by atoms with E-state index in [9.17, 15) is 48.2 Å². The summed E-state index contributed by atoms with van der Waals surface area (Å²) in [6, 6.07) is 0.190. The van der Waals surface area contributed by atoms with Gasteiger partial charge in [0.25, 0.3) is 0 Å². The standard InChI is InChI=1S/C34H49FN12O9/c35-12-15-47-19-21(45-46-47)8-11-27(49)38-13-2-1-4-24-31(54)42-23(5-3-14-39-34(36)37)30(53)40-18-28(50)41-26(17-29(51)52)33(56)44-25(32(55)43-24)16-20-6-9-22(48)10-7-20/h6-7,9-10,19,23-26,48H,1-5,8,11-18H2,(H,38,49)(H,40,53)(H,41,50)(H,42,54)(H,43,55)(H,44,56)(H,51,52)(H4,36,37,39)/t23-,24-,25+,26-/m0/s1/i35-1. The summed E-state index contributed by atoms with van der Waals surface area (Å²) >= 11 is 0. The highest BCUT2D eigenvalue weighted by molar-refractivity contribution is 5.98. The van der Waals surface area contributed by atoms with Crippen molar-refractivity contribution in [3.8, 4) is 5.75 Å². The largest absolute Gasteiger partial charge is 0.508 e. The van der Waals surface area contributed by atoms with Crippen molar-refractivity contribution < 1.29 is 48.2 Å². The highest BCUT2D eigenvalue weighted by Crippen LogP contribution is 2.13. The van der Waals surface area contributed by atoms with E-state index >= 15 is 0 Å². The summed E-state index contributed by atoms with van der Waals surface area (Å²) in [6.07, 6.45) is 1.87. The molecule has 306 valence electrons. The Morgan fingerprint density at radius 3 is 2.21 bits per heavy atom. The number of halogens is 1. The van der Waals surface area contributed by atoms with Gasteiger partial charge in [-0.25, -0.2) is 9.07 Å². The summed E-state index contributed by atoms with van der Waals surface area (Å²) in [4.78, 5) is 95.0. The van der Waals surface area contributed by atoms with E-state index in [1.54, 1.807) is 6.20 Å². The predicted octanol–water partition coefficient (Wildman–Crippen LogP) is -2.99. The van der Waals surface area contributed by atoms with Crippen LogP contribution in [0.4, 0.5) is 4.39 Å². The van der Waals surface area contributed by atoms with Gasteiger partial charge in [-0.05, 0) is 49.8 Å². The van der Waals surface area contributed by atoms with Crippen LogP contribution in [0.2, 0.25) is 0 Å². The quantitative estimate of drug-likeness (QED) is 0.0410. The van der Waals surface area contributed by atoms with Crippen LogP contribution in [-0.4, -0.2) is 123 Å². The molecule has 12 N–H and O–H groups in total. The number of aryl methyl sites for hydroxylation is 2. The number of guanidine groups is 1. The molecular weight excluding hydrogens is 738 g/mol. The molecule has 0 unspecified atom stereocenters. The zero-order valence-corrected chi connectivity index (χ0v) is 30.7. The number of carbonyl (C=O) groups excluding carboxylic acids is 6. The van der Waals surface area contributed by atoms with E-state index < -0.39 is 79.3 Å². The lowest BCUT2D eigenvalue weighted by Gasteiger charge is -2.26. The Hall–Kier alpha value is -6.35. The van der Waals surface area contributed by atoms with Crippen LogP contribution >= 0.6 is 0 Å². The zero-order valence-electron chi connectivity index (χ0n) is 30.7. The number of aromatic hydroxyl groups is 1. The van der Waals surface area contributed by atoms with E-state index in [4.69, 9.17) is 11.5 Å². The molecule has 1 aromatic heterocycles. The number of aliphatic imine (C=N–C) groups is 1. The van der Waals surface area contributed by atoms with Gasteiger partial charge in [0.1, 0.15) is 36.6 Å². The van der Waals surface area contributed by atoms with Crippen molar-refractivity contribution in [2.24, 2.45) is 16.5 Å². The number of rotatable bonds is 18. The highest BCUT2D eigenvalue weighted by atomic mass is 18.2. The monoisotopic (exact) mass is 787 g/mol. The smallest absolute Gasteiger partial charge is 0.305 e. The molecule has 3 rings (SSSR count). The third-order valence-corrected chi connectivity index (χ3v) is 8.42. The Kier molecular flexibility index (Phi) is 17.9. The lowest BCUT2D eigenvalue weighted by Crippen LogP contribution is -2.58. The molecule has 4 atom stereocenters. The van der Waals surface area contributed by atoms with Gasteiger partial charge in [0, 0.05) is 38.5 Å². The zero-order chi connectivity index (χ0) is 41.0. The first-order valence-corrected chi connectivity index (χ1v) is 18.0. The Morgan fingerprint density at radius 2 is 1.54 bits per heavy atom. The Morgan fingerprint density at radius 1 is 0.893 bits per heavy atom. The lowest BCUT2D eigenvalue weighted by atomic mass is 10.0. The molecule has 1 fully saturated rings. The first kappa shape index (κ1) is 44.0.